The first-order valence-electron chi connectivity index (χ1n) is 7.50. The zero-order valence-corrected chi connectivity index (χ0v) is 12.3. The highest BCUT2D eigenvalue weighted by atomic mass is 16.2. The van der Waals surface area contributed by atoms with E-state index in [4.69, 9.17) is 0 Å². The van der Waals surface area contributed by atoms with E-state index in [9.17, 15) is 9.59 Å². The molecule has 0 N–H and O–H groups in total. The second-order valence-electron chi connectivity index (χ2n) is 5.72. The van der Waals surface area contributed by atoms with Crippen molar-refractivity contribution >= 4 is 11.8 Å². The summed E-state index contributed by atoms with van der Waals surface area (Å²) in [7, 11) is 0. The lowest BCUT2D eigenvalue weighted by molar-refractivity contribution is -0.151. The van der Waals surface area contributed by atoms with Crippen LogP contribution in [0.3, 0.4) is 0 Å². The summed E-state index contributed by atoms with van der Waals surface area (Å²) in [6.07, 6.45) is 8.30. The van der Waals surface area contributed by atoms with Crippen LogP contribution in [0.15, 0.2) is 18.6 Å². The van der Waals surface area contributed by atoms with Crippen molar-refractivity contribution in [2.24, 2.45) is 0 Å². The molecule has 3 rings (SSSR count). The monoisotopic (exact) mass is 288 g/mol. The number of hydrogen-bond donors (Lipinski definition) is 0. The average Bonchev–Trinajstić information content (AvgIpc) is 3.17. The second kappa shape index (κ2) is 5.42. The van der Waals surface area contributed by atoms with Gasteiger partial charge in [-0.2, -0.15) is 0 Å². The standard InChI is InChI=1S/C15H20N4O2/c1-12(20)19-10-4-5-15(19,13-11-16-6-7-17-13)14(21)18-8-2-3-9-18/h6-7,11H,2-5,8-10H2,1H3. The molecule has 1 unspecified atom stereocenters. The number of rotatable bonds is 2. The quantitative estimate of drug-likeness (QED) is 0.812. The molecule has 0 spiro atoms. The maximum atomic E-state index is 13.1. The summed E-state index contributed by atoms with van der Waals surface area (Å²) >= 11 is 0. The molecule has 6 nitrogen and oxygen atoms in total. The van der Waals surface area contributed by atoms with Gasteiger partial charge in [0.2, 0.25) is 5.91 Å². The molecule has 0 aliphatic carbocycles. The zero-order valence-electron chi connectivity index (χ0n) is 12.3. The minimum Gasteiger partial charge on any atom is -0.340 e. The summed E-state index contributed by atoms with van der Waals surface area (Å²) < 4.78 is 0. The molecular formula is C15H20N4O2. The maximum Gasteiger partial charge on any atom is 0.254 e. The van der Waals surface area contributed by atoms with E-state index in [1.165, 1.54) is 6.92 Å². The molecule has 1 aromatic heterocycles. The summed E-state index contributed by atoms with van der Waals surface area (Å²) in [4.78, 5) is 37.2. The van der Waals surface area contributed by atoms with Gasteiger partial charge in [-0.1, -0.05) is 0 Å². The van der Waals surface area contributed by atoms with Crippen molar-refractivity contribution in [1.82, 2.24) is 19.8 Å². The number of amides is 2. The molecule has 112 valence electrons. The number of hydrogen-bond acceptors (Lipinski definition) is 4. The Morgan fingerprint density at radius 2 is 1.90 bits per heavy atom. The second-order valence-corrected chi connectivity index (χ2v) is 5.72. The Hall–Kier alpha value is -1.98. The highest BCUT2D eigenvalue weighted by Crippen LogP contribution is 2.40. The molecule has 0 bridgehead atoms. The number of carbonyl (C=O) groups excluding carboxylic acids is 2. The first kappa shape index (κ1) is 14.0. The summed E-state index contributed by atoms with van der Waals surface area (Å²) in [6.45, 7) is 3.67. The molecule has 2 fully saturated rings. The van der Waals surface area contributed by atoms with Gasteiger partial charge in [0.15, 0.2) is 5.54 Å². The predicted octanol–water partition coefficient (Wildman–Crippen LogP) is 0.937. The Bertz CT molecular complexity index is 542. The van der Waals surface area contributed by atoms with Gasteiger partial charge in [0.1, 0.15) is 0 Å². The smallest absolute Gasteiger partial charge is 0.254 e. The molecule has 21 heavy (non-hydrogen) atoms. The van der Waals surface area contributed by atoms with Crippen LogP contribution in [-0.4, -0.2) is 51.2 Å². The van der Waals surface area contributed by atoms with E-state index in [-0.39, 0.29) is 11.8 Å². The maximum absolute atomic E-state index is 13.1. The molecule has 0 saturated carbocycles. The van der Waals surface area contributed by atoms with Crippen LogP contribution >= 0.6 is 0 Å². The highest BCUT2D eigenvalue weighted by Gasteiger charge is 2.53. The Labute approximate surface area is 124 Å². The van der Waals surface area contributed by atoms with E-state index in [0.717, 1.165) is 32.4 Å². The van der Waals surface area contributed by atoms with Crippen molar-refractivity contribution in [3.8, 4) is 0 Å². The molecule has 1 aromatic rings. The third-order valence-corrected chi connectivity index (χ3v) is 4.50. The molecule has 0 radical (unpaired) electrons. The van der Waals surface area contributed by atoms with Crippen LogP contribution in [0, 0.1) is 0 Å². The Morgan fingerprint density at radius 1 is 1.14 bits per heavy atom. The van der Waals surface area contributed by atoms with Crippen LogP contribution in [0.25, 0.3) is 0 Å². The van der Waals surface area contributed by atoms with Gasteiger partial charge in [-0.05, 0) is 25.7 Å². The van der Waals surface area contributed by atoms with E-state index < -0.39 is 5.54 Å². The summed E-state index contributed by atoms with van der Waals surface area (Å²) in [5.74, 6) is -0.0705. The van der Waals surface area contributed by atoms with Crippen molar-refractivity contribution in [3.63, 3.8) is 0 Å². The minimum absolute atomic E-state index is 0.00759. The van der Waals surface area contributed by atoms with Crippen LogP contribution in [-0.2, 0) is 15.1 Å². The van der Waals surface area contributed by atoms with Gasteiger partial charge in [-0.15, -0.1) is 0 Å². The van der Waals surface area contributed by atoms with Gasteiger partial charge < -0.3 is 9.80 Å². The largest absolute Gasteiger partial charge is 0.340 e. The molecular weight excluding hydrogens is 268 g/mol. The first-order valence-corrected chi connectivity index (χ1v) is 7.50. The van der Waals surface area contributed by atoms with Crippen molar-refractivity contribution in [2.45, 2.75) is 38.1 Å². The van der Waals surface area contributed by atoms with Gasteiger partial charge in [0.05, 0.1) is 11.9 Å². The molecule has 1 atom stereocenters. The number of nitrogens with zero attached hydrogens (tertiary/aromatic N) is 4. The van der Waals surface area contributed by atoms with E-state index in [2.05, 4.69) is 9.97 Å². The summed E-state index contributed by atoms with van der Waals surface area (Å²) in [5.41, 5.74) is -0.362. The molecule has 2 aliphatic rings. The van der Waals surface area contributed by atoms with Gasteiger partial charge in [-0.25, -0.2) is 0 Å². The summed E-state index contributed by atoms with van der Waals surface area (Å²) in [5, 5.41) is 0. The fourth-order valence-electron chi connectivity index (χ4n) is 3.54. The van der Waals surface area contributed by atoms with Crippen molar-refractivity contribution in [2.75, 3.05) is 19.6 Å². The normalized spacial score (nSPS) is 25.4. The fraction of sp³-hybridized carbons (Fsp3) is 0.600. The lowest BCUT2D eigenvalue weighted by atomic mass is 9.90. The third kappa shape index (κ3) is 2.18. The molecule has 2 saturated heterocycles. The number of likely N-dealkylation sites (tertiary alicyclic amines) is 2. The number of carbonyl (C=O) groups is 2. The first-order chi connectivity index (χ1) is 10.2. The Kier molecular flexibility index (Phi) is 3.61. The Balaban J connectivity index is 2.06. The van der Waals surface area contributed by atoms with Crippen molar-refractivity contribution in [1.29, 1.82) is 0 Å². The van der Waals surface area contributed by atoms with E-state index in [1.807, 2.05) is 4.90 Å². The van der Waals surface area contributed by atoms with E-state index in [0.29, 0.717) is 18.7 Å². The average molecular weight is 288 g/mol. The third-order valence-electron chi connectivity index (χ3n) is 4.50. The molecule has 2 aliphatic heterocycles. The Morgan fingerprint density at radius 3 is 2.52 bits per heavy atom. The van der Waals surface area contributed by atoms with Gasteiger partial charge in [0.25, 0.3) is 5.91 Å². The minimum atomic E-state index is -0.954. The van der Waals surface area contributed by atoms with E-state index >= 15 is 0 Å². The van der Waals surface area contributed by atoms with E-state index in [1.54, 1.807) is 23.5 Å². The molecule has 3 heterocycles. The van der Waals surface area contributed by atoms with Crippen LogP contribution in [0.4, 0.5) is 0 Å². The van der Waals surface area contributed by atoms with Crippen molar-refractivity contribution < 1.29 is 9.59 Å². The SMILES string of the molecule is CC(=O)N1CCCC1(C(=O)N1CCCC1)c1cnccn1. The lowest BCUT2D eigenvalue weighted by Gasteiger charge is -2.38. The van der Waals surface area contributed by atoms with Crippen LogP contribution in [0.2, 0.25) is 0 Å². The summed E-state index contributed by atoms with van der Waals surface area (Å²) in [6, 6.07) is 0. The zero-order chi connectivity index (χ0) is 14.9. The number of aromatic nitrogens is 2. The molecule has 6 heteroatoms. The van der Waals surface area contributed by atoms with Crippen LogP contribution in [0.5, 0.6) is 0 Å². The predicted molar refractivity (Wildman–Crippen MR) is 76.1 cm³/mol. The highest BCUT2D eigenvalue weighted by molar-refractivity contribution is 5.92. The van der Waals surface area contributed by atoms with Crippen LogP contribution < -0.4 is 0 Å². The van der Waals surface area contributed by atoms with Crippen LogP contribution in [0.1, 0.15) is 38.3 Å². The van der Waals surface area contributed by atoms with Gasteiger partial charge >= 0.3 is 0 Å². The van der Waals surface area contributed by atoms with Gasteiger partial charge in [-0.3, -0.25) is 19.6 Å². The molecule has 2 amide bonds. The lowest BCUT2D eigenvalue weighted by Crippen LogP contribution is -2.55. The van der Waals surface area contributed by atoms with Gasteiger partial charge in [0, 0.05) is 39.0 Å². The van der Waals surface area contributed by atoms with Crippen molar-refractivity contribution in [3.05, 3.63) is 24.3 Å². The fourth-order valence-corrected chi connectivity index (χ4v) is 3.54. The topological polar surface area (TPSA) is 66.4 Å². The molecule has 0 aromatic carbocycles.